The lowest BCUT2D eigenvalue weighted by Gasteiger charge is -2.28. The third-order valence-electron chi connectivity index (χ3n) is 1.90. The fourth-order valence-corrected chi connectivity index (χ4v) is 1.32. The second kappa shape index (κ2) is 5.80. The molecule has 3 nitrogen and oxygen atoms in total. The van der Waals surface area contributed by atoms with Crippen molar-refractivity contribution in [3.05, 3.63) is 35.9 Å². The van der Waals surface area contributed by atoms with Crippen molar-refractivity contribution in [3.8, 4) is 0 Å². The van der Waals surface area contributed by atoms with Crippen LogP contribution in [0.5, 0.6) is 0 Å². The normalized spacial score (nSPS) is 11.7. The molecule has 0 heterocycles. The molecule has 0 radical (unpaired) electrons. The van der Waals surface area contributed by atoms with Crippen LogP contribution in [0.4, 0.5) is 4.53 Å². The molecule has 0 amide bonds. The summed E-state index contributed by atoms with van der Waals surface area (Å²) in [6.07, 6.45) is 0. The van der Waals surface area contributed by atoms with Crippen molar-refractivity contribution < 1.29 is 18.9 Å². The predicted octanol–water partition coefficient (Wildman–Crippen LogP) is 2.77. The standard InChI is InChI=1S/C11H15FO3/c1-3-13-11(15-12,14-4-2)10-8-6-5-7-9-10/h5-9H,3-4H2,1-2H3. The van der Waals surface area contributed by atoms with Gasteiger partial charge in [-0.05, 0) is 18.4 Å². The fourth-order valence-electron chi connectivity index (χ4n) is 1.32. The highest BCUT2D eigenvalue weighted by molar-refractivity contribution is 5.18. The Labute approximate surface area is 88.7 Å². The molecule has 15 heavy (non-hydrogen) atoms. The second-order valence-electron chi connectivity index (χ2n) is 2.87. The van der Waals surface area contributed by atoms with Crippen LogP contribution in [0.25, 0.3) is 0 Å². The first-order chi connectivity index (χ1) is 7.29. The quantitative estimate of drug-likeness (QED) is 0.681. The summed E-state index contributed by atoms with van der Waals surface area (Å²) in [5.74, 6) is -1.73. The van der Waals surface area contributed by atoms with Crippen molar-refractivity contribution >= 4 is 0 Å². The summed E-state index contributed by atoms with van der Waals surface area (Å²) in [6, 6.07) is 8.72. The Hall–Kier alpha value is -0.970. The van der Waals surface area contributed by atoms with E-state index in [0.717, 1.165) is 0 Å². The van der Waals surface area contributed by atoms with Crippen LogP contribution in [0, 0.1) is 0 Å². The van der Waals surface area contributed by atoms with Crippen molar-refractivity contribution in [2.75, 3.05) is 13.2 Å². The van der Waals surface area contributed by atoms with Crippen molar-refractivity contribution in [2.45, 2.75) is 19.8 Å². The highest BCUT2D eigenvalue weighted by Crippen LogP contribution is 2.29. The van der Waals surface area contributed by atoms with Crippen molar-refractivity contribution in [1.29, 1.82) is 0 Å². The van der Waals surface area contributed by atoms with Crippen LogP contribution in [0.2, 0.25) is 0 Å². The SMILES string of the molecule is CCOC(OF)(OCC)c1ccccc1. The van der Waals surface area contributed by atoms with Crippen LogP contribution in [0.3, 0.4) is 0 Å². The van der Waals surface area contributed by atoms with Gasteiger partial charge in [-0.2, -0.15) is 0 Å². The molecule has 0 spiro atoms. The van der Waals surface area contributed by atoms with E-state index >= 15 is 0 Å². The first-order valence-corrected chi connectivity index (χ1v) is 4.92. The molecule has 0 aromatic heterocycles. The van der Waals surface area contributed by atoms with E-state index in [-0.39, 0.29) is 0 Å². The van der Waals surface area contributed by atoms with Gasteiger partial charge in [-0.3, -0.25) is 0 Å². The lowest BCUT2D eigenvalue weighted by Crippen LogP contribution is -2.34. The van der Waals surface area contributed by atoms with Gasteiger partial charge in [0.05, 0.1) is 13.2 Å². The molecule has 0 saturated heterocycles. The Bertz CT molecular complexity index is 270. The van der Waals surface area contributed by atoms with E-state index in [4.69, 9.17) is 9.47 Å². The number of hydrogen-bond acceptors (Lipinski definition) is 3. The molecule has 0 bridgehead atoms. The Morgan fingerprint density at radius 1 is 1.07 bits per heavy atom. The van der Waals surface area contributed by atoms with Crippen LogP contribution in [0.15, 0.2) is 30.3 Å². The van der Waals surface area contributed by atoms with Gasteiger partial charge in [-0.1, -0.05) is 30.3 Å². The molecule has 0 aliphatic heterocycles. The lowest BCUT2D eigenvalue weighted by molar-refractivity contribution is -0.462. The minimum atomic E-state index is -1.73. The molecule has 0 fully saturated rings. The number of hydrogen-bond donors (Lipinski definition) is 0. The van der Waals surface area contributed by atoms with E-state index in [1.807, 2.05) is 6.07 Å². The van der Waals surface area contributed by atoms with Crippen molar-refractivity contribution in [3.63, 3.8) is 0 Å². The van der Waals surface area contributed by atoms with Gasteiger partial charge in [-0.15, -0.1) is 4.94 Å². The number of rotatable bonds is 6. The zero-order valence-electron chi connectivity index (χ0n) is 8.90. The van der Waals surface area contributed by atoms with E-state index in [9.17, 15) is 4.53 Å². The Morgan fingerprint density at radius 2 is 1.60 bits per heavy atom. The summed E-state index contributed by atoms with van der Waals surface area (Å²) in [5, 5.41) is 0. The van der Waals surface area contributed by atoms with E-state index in [0.29, 0.717) is 18.8 Å². The Morgan fingerprint density at radius 3 is 2.00 bits per heavy atom. The average molecular weight is 214 g/mol. The molecule has 1 rings (SSSR count). The largest absolute Gasteiger partial charge is 0.345 e. The van der Waals surface area contributed by atoms with Gasteiger partial charge in [0.1, 0.15) is 0 Å². The molecule has 0 N–H and O–H groups in total. The van der Waals surface area contributed by atoms with Crippen molar-refractivity contribution in [2.24, 2.45) is 0 Å². The van der Waals surface area contributed by atoms with Gasteiger partial charge >= 0.3 is 5.97 Å². The first kappa shape index (κ1) is 12.1. The maximum absolute atomic E-state index is 12.6. The lowest BCUT2D eigenvalue weighted by atomic mass is 10.2. The topological polar surface area (TPSA) is 27.7 Å². The molecule has 4 heteroatoms. The highest BCUT2D eigenvalue weighted by atomic mass is 19.3. The number of benzene rings is 1. The Kier molecular flexibility index (Phi) is 4.68. The zero-order valence-corrected chi connectivity index (χ0v) is 8.90. The van der Waals surface area contributed by atoms with Crippen LogP contribution in [-0.2, 0) is 20.4 Å². The molecule has 84 valence electrons. The van der Waals surface area contributed by atoms with E-state index < -0.39 is 5.97 Å². The monoisotopic (exact) mass is 214 g/mol. The van der Waals surface area contributed by atoms with Crippen molar-refractivity contribution in [1.82, 2.24) is 0 Å². The van der Waals surface area contributed by atoms with E-state index in [2.05, 4.69) is 4.94 Å². The number of halogens is 1. The molecular weight excluding hydrogens is 199 g/mol. The Balaban J connectivity index is 2.97. The van der Waals surface area contributed by atoms with Crippen LogP contribution < -0.4 is 0 Å². The van der Waals surface area contributed by atoms with Crippen LogP contribution in [-0.4, -0.2) is 13.2 Å². The third-order valence-corrected chi connectivity index (χ3v) is 1.90. The average Bonchev–Trinajstić information content (AvgIpc) is 2.30. The summed E-state index contributed by atoms with van der Waals surface area (Å²) in [4.78, 5) is 3.86. The smallest absolute Gasteiger partial charge is 0.322 e. The maximum atomic E-state index is 12.6. The summed E-state index contributed by atoms with van der Waals surface area (Å²) in [7, 11) is 0. The summed E-state index contributed by atoms with van der Waals surface area (Å²) < 4.78 is 23.0. The van der Waals surface area contributed by atoms with E-state index in [1.165, 1.54) is 0 Å². The molecule has 0 aliphatic rings. The van der Waals surface area contributed by atoms with Crippen LogP contribution in [0.1, 0.15) is 19.4 Å². The minimum absolute atomic E-state index is 0.290. The predicted molar refractivity (Wildman–Crippen MR) is 53.6 cm³/mol. The van der Waals surface area contributed by atoms with Gasteiger partial charge in [0.2, 0.25) is 0 Å². The minimum Gasteiger partial charge on any atom is -0.322 e. The molecule has 0 saturated carbocycles. The third kappa shape index (κ3) is 2.75. The van der Waals surface area contributed by atoms with Gasteiger partial charge < -0.3 is 9.47 Å². The summed E-state index contributed by atoms with van der Waals surface area (Å²) in [6.45, 7) is 4.07. The van der Waals surface area contributed by atoms with Gasteiger partial charge in [-0.25, -0.2) is 0 Å². The molecule has 0 aliphatic carbocycles. The molecule has 1 aromatic rings. The molecule has 0 atom stereocenters. The van der Waals surface area contributed by atoms with Crippen LogP contribution >= 0.6 is 0 Å². The fraction of sp³-hybridized carbons (Fsp3) is 0.455. The first-order valence-electron chi connectivity index (χ1n) is 4.92. The second-order valence-corrected chi connectivity index (χ2v) is 2.87. The molecule has 1 aromatic carbocycles. The zero-order chi connectivity index (χ0) is 11.1. The maximum Gasteiger partial charge on any atom is 0.345 e. The highest BCUT2D eigenvalue weighted by Gasteiger charge is 2.36. The van der Waals surface area contributed by atoms with Gasteiger partial charge in [0, 0.05) is 5.56 Å². The number of ether oxygens (including phenoxy) is 2. The summed E-state index contributed by atoms with van der Waals surface area (Å²) in [5.41, 5.74) is 0.496. The summed E-state index contributed by atoms with van der Waals surface area (Å²) >= 11 is 0. The molecular formula is C11H15FO3. The van der Waals surface area contributed by atoms with Gasteiger partial charge in [0.15, 0.2) is 0 Å². The van der Waals surface area contributed by atoms with E-state index in [1.54, 1.807) is 38.1 Å². The van der Waals surface area contributed by atoms with Gasteiger partial charge in [0.25, 0.3) is 0 Å². The molecule has 0 unspecified atom stereocenters.